The highest BCUT2D eigenvalue weighted by atomic mass is 32.2. The summed E-state index contributed by atoms with van der Waals surface area (Å²) in [6.45, 7) is 3.59. The van der Waals surface area contributed by atoms with E-state index >= 15 is 0 Å². The Morgan fingerprint density at radius 1 is 1.04 bits per heavy atom. The lowest BCUT2D eigenvalue weighted by Crippen LogP contribution is -2.35. The monoisotopic (exact) mass is 418 g/mol. The Kier molecular flexibility index (Phi) is 7.15. The van der Waals surface area contributed by atoms with E-state index in [0.29, 0.717) is 30.1 Å². The van der Waals surface area contributed by atoms with Crippen LogP contribution in [-0.2, 0) is 16.6 Å². The Hall–Kier alpha value is -1.83. The summed E-state index contributed by atoms with van der Waals surface area (Å²) in [4.78, 5) is 13.8. The van der Waals surface area contributed by atoms with Crippen molar-refractivity contribution >= 4 is 27.7 Å². The van der Waals surface area contributed by atoms with Gasteiger partial charge in [-0.1, -0.05) is 37.6 Å². The highest BCUT2D eigenvalue weighted by Crippen LogP contribution is 2.23. The minimum atomic E-state index is -3.42. The third-order valence-electron chi connectivity index (χ3n) is 4.76. The number of benzene rings is 2. The molecule has 0 bridgehead atoms. The van der Waals surface area contributed by atoms with Crippen molar-refractivity contribution in [3.8, 4) is 0 Å². The molecule has 28 heavy (non-hydrogen) atoms. The van der Waals surface area contributed by atoms with Gasteiger partial charge in [-0.05, 0) is 48.4 Å². The van der Waals surface area contributed by atoms with E-state index in [4.69, 9.17) is 0 Å². The minimum Gasteiger partial charge on any atom is -0.348 e. The molecule has 0 radical (unpaired) electrons. The Balaban J connectivity index is 1.64. The third kappa shape index (κ3) is 4.96. The number of thioether (sulfide) groups is 1. The van der Waals surface area contributed by atoms with Gasteiger partial charge in [0.1, 0.15) is 0 Å². The maximum atomic E-state index is 12.7. The van der Waals surface area contributed by atoms with E-state index in [2.05, 4.69) is 12.2 Å². The molecule has 2 aromatic rings. The van der Waals surface area contributed by atoms with E-state index in [-0.39, 0.29) is 5.91 Å². The molecule has 5 nitrogen and oxygen atoms in total. The summed E-state index contributed by atoms with van der Waals surface area (Å²) < 4.78 is 27.0. The van der Waals surface area contributed by atoms with Crippen LogP contribution in [0.15, 0.2) is 58.3 Å². The van der Waals surface area contributed by atoms with Crippen molar-refractivity contribution in [2.75, 3.05) is 18.8 Å². The second-order valence-electron chi connectivity index (χ2n) is 6.72. The SMILES string of the molecule is CCSc1ccccc1C(=O)NCc1ccc(S(=O)(=O)N2CCCCC2)cc1. The first-order chi connectivity index (χ1) is 13.5. The number of piperidine rings is 1. The number of nitrogens with one attached hydrogen (secondary N) is 1. The maximum Gasteiger partial charge on any atom is 0.252 e. The molecule has 150 valence electrons. The maximum absolute atomic E-state index is 12.7. The van der Waals surface area contributed by atoms with E-state index in [9.17, 15) is 13.2 Å². The van der Waals surface area contributed by atoms with Crippen LogP contribution in [0.25, 0.3) is 0 Å². The topological polar surface area (TPSA) is 66.5 Å². The molecule has 2 aromatic carbocycles. The van der Waals surface area contributed by atoms with E-state index in [1.54, 1.807) is 40.3 Å². The fraction of sp³-hybridized carbons (Fsp3) is 0.381. The molecule has 3 rings (SSSR count). The van der Waals surface area contributed by atoms with Gasteiger partial charge in [0.25, 0.3) is 5.91 Å². The van der Waals surface area contributed by atoms with Gasteiger partial charge in [-0.3, -0.25) is 4.79 Å². The Morgan fingerprint density at radius 3 is 2.39 bits per heavy atom. The molecule has 1 aliphatic rings. The van der Waals surface area contributed by atoms with Crippen molar-refractivity contribution in [1.82, 2.24) is 9.62 Å². The molecule has 1 N–H and O–H groups in total. The Bertz CT molecular complexity index is 906. The highest BCUT2D eigenvalue weighted by molar-refractivity contribution is 7.99. The summed E-state index contributed by atoms with van der Waals surface area (Å²) in [5.41, 5.74) is 1.53. The molecule has 0 saturated carbocycles. The highest BCUT2D eigenvalue weighted by Gasteiger charge is 2.25. The molecular formula is C21H26N2O3S2. The number of carbonyl (C=O) groups is 1. The second kappa shape index (κ2) is 9.58. The molecule has 0 spiro atoms. The number of hydrogen-bond acceptors (Lipinski definition) is 4. The smallest absolute Gasteiger partial charge is 0.252 e. The first-order valence-electron chi connectivity index (χ1n) is 9.61. The first-order valence-corrected chi connectivity index (χ1v) is 12.0. The molecule has 1 heterocycles. The average molecular weight is 419 g/mol. The second-order valence-corrected chi connectivity index (χ2v) is 9.96. The van der Waals surface area contributed by atoms with Gasteiger partial charge in [-0.15, -0.1) is 11.8 Å². The van der Waals surface area contributed by atoms with Crippen LogP contribution < -0.4 is 5.32 Å². The molecule has 7 heteroatoms. The van der Waals surface area contributed by atoms with Crippen molar-refractivity contribution in [1.29, 1.82) is 0 Å². The van der Waals surface area contributed by atoms with Crippen LogP contribution >= 0.6 is 11.8 Å². The summed E-state index contributed by atoms with van der Waals surface area (Å²) in [6.07, 6.45) is 2.92. The zero-order chi connectivity index (χ0) is 20.0. The predicted octanol–water partition coefficient (Wildman–Crippen LogP) is 3.90. The van der Waals surface area contributed by atoms with Crippen molar-refractivity contribution in [2.24, 2.45) is 0 Å². The number of carbonyl (C=O) groups excluding carboxylic acids is 1. The number of nitrogens with zero attached hydrogens (tertiary/aromatic N) is 1. The lowest BCUT2D eigenvalue weighted by Gasteiger charge is -2.25. The quantitative estimate of drug-likeness (QED) is 0.693. The van der Waals surface area contributed by atoms with Gasteiger partial charge in [0.2, 0.25) is 10.0 Å². The number of amides is 1. The van der Waals surface area contributed by atoms with Crippen molar-refractivity contribution in [2.45, 2.75) is 42.5 Å². The molecule has 1 saturated heterocycles. The standard InChI is InChI=1S/C21H26N2O3S2/c1-2-27-20-9-5-4-8-19(20)21(24)22-16-17-10-12-18(13-11-17)28(25,26)23-14-6-3-7-15-23/h4-5,8-13H,2-3,6-7,14-16H2,1H3,(H,22,24). The van der Waals surface area contributed by atoms with Gasteiger partial charge in [-0.2, -0.15) is 4.31 Å². The summed E-state index contributed by atoms with van der Waals surface area (Å²) in [5.74, 6) is 0.776. The Labute approximate surface area is 171 Å². The largest absolute Gasteiger partial charge is 0.348 e. The van der Waals surface area contributed by atoms with Gasteiger partial charge in [0.05, 0.1) is 10.5 Å². The van der Waals surface area contributed by atoms with Crippen molar-refractivity contribution < 1.29 is 13.2 Å². The predicted molar refractivity (Wildman–Crippen MR) is 113 cm³/mol. The van der Waals surface area contributed by atoms with Crippen LogP contribution in [0.2, 0.25) is 0 Å². The normalized spacial score (nSPS) is 15.3. The summed E-state index contributed by atoms with van der Waals surface area (Å²) in [7, 11) is -3.42. The van der Waals surface area contributed by atoms with Crippen molar-refractivity contribution in [3.63, 3.8) is 0 Å². The van der Waals surface area contributed by atoms with Gasteiger partial charge in [0.15, 0.2) is 0 Å². The van der Waals surface area contributed by atoms with E-state index in [0.717, 1.165) is 35.5 Å². The number of hydrogen-bond donors (Lipinski definition) is 1. The van der Waals surface area contributed by atoms with Crippen LogP contribution in [-0.4, -0.2) is 37.5 Å². The van der Waals surface area contributed by atoms with Gasteiger partial charge >= 0.3 is 0 Å². The fourth-order valence-corrected chi connectivity index (χ4v) is 5.57. The van der Waals surface area contributed by atoms with E-state index in [1.165, 1.54) is 0 Å². The first kappa shape index (κ1) is 20.9. The van der Waals surface area contributed by atoms with Crippen LogP contribution in [0, 0.1) is 0 Å². The molecule has 1 amide bonds. The zero-order valence-electron chi connectivity index (χ0n) is 16.1. The average Bonchev–Trinajstić information content (AvgIpc) is 2.73. The van der Waals surface area contributed by atoms with E-state index < -0.39 is 10.0 Å². The van der Waals surface area contributed by atoms with Crippen LogP contribution in [0.3, 0.4) is 0 Å². The molecule has 0 aliphatic carbocycles. The minimum absolute atomic E-state index is 0.124. The molecule has 0 aromatic heterocycles. The number of sulfonamides is 1. The summed E-state index contributed by atoms with van der Waals surface area (Å²) in [6, 6.07) is 14.3. The molecule has 1 aliphatic heterocycles. The van der Waals surface area contributed by atoms with Gasteiger partial charge in [-0.25, -0.2) is 8.42 Å². The molecule has 1 fully saturated rings. The fourth-order valence-electron chi connectivity index (χ4n) is 3.25. The lowest BCUT2D eigenvalue weighted by molar-refractivity contribution is 0.0948. The lowest BCUT2D eigenvalue weighted by atomic mass is 10.2. The summed E-state index contributed by atoms with van der Waals surface area (Å²) >= 11 is 1.64. The van der Waals surface area contributed by atoms with Gasteiger partial charge < -0.3 is 5.32 Å². The molecular weight excluding hydrogens is 392 g/mol. The van der Waals surface area contributed by atoms with Crippen molar-refractivity contribution in [3.05, 3.63) is 59.7 Å². The van der Waals surface area contributed by atoms with Crippen LogP contribution in [0.5, 0.6) is 0 Å². The summed E-state index contributed by atoms with van der Waals surface area (Å²) in [5, 5.41) is 2.92. The van der Waals surface area contributed by atoms with Crippen LogP contribution in [0.4, 0.5) is 0 Å². The van der Waals surface area contributed by atoms with Crippen LogP contribution in [0.1, 0.15) is 42.1 Å². The van der Waals surface area contributed by atoms with Gasteiger partial charge in [0, 0.05) is 24.5 Å². The Morgan fingerprint density at radius 2 is 1.71 bits per heavy atom. The molecule has 0 atom stereocenters. The number of rotatable bonds is 7. The molecule has 0 unspecified atom stereocenters. The zero-order valence-corrected chi connectivity index (χ0v) is 17.7. The van der Waals surface area contributed by atoms with E-state index in [1.807, 2.05) is 24.3 Å². The third-order valence-corrected chi connectivity index (χ3v) is 7.63.